The third-order valence-electron chi connectivity index (χ3n) is 5.90. The molecule has 0 aliphatic rings. The Kier molecular flexibility index (Phi) is 8.59. The van der Waals surface area contributed by atoms with Gasteiger partial charge in [0.1, 0.15) is 23.0 Å². The van der Waals surface area contributed by atoms with E-state index in [9.17, 15) is 9.59 Å². The Labute approximate surface area is 210 Å². The molecule has 2 aromatic carbocycles. The van der Waals surface area contributed by atoms with Crippen molar-refractivity contribution in [3.05, 3.63) is 65.2 Å². The van der Waals surface area contributed by atoms with E-state index in [0.29, 0.717) is 11.5 Å². The van der Waals surface area contributed by atoms with Crippen molar-refractivity contribution in [2.24, 2.45) is 5.41 Å². The van der Waals surface area contributed by atoms with Gasteiger partial charge in [-0.3, -0.25) is 9.59 Å². The van der Waals surface area contributed by atoms with Crippen LogP contribution in [0.25, 0.3) is 6.08 Å². The minimum Gasteiger partial charge on any atom is -0.497 e. The van der Waals surface area contributed by atoms with E-state index in [1.807, 2.05) is 48.5 Å². The molecule has 0 aromatic heterocycles. The molecular weight excluding hydrogens is 440 g/mol. The zero-order chi connectivity index (χ0) is 26.6. The van der Waals surface area contributed by atoms with E-state index < -0.39 is 23.5 Å². The number of carbonyl (C=O) groups excluding carboxylic acids is 2. The molecule has 0 fully saturated rings. The maximum atomic E-state index is 13.7. The molecule has 5 heteroatoms. The van der Waals surface area contributed by atoms with Crippen molar-refractivity contribution >= 4 is 18.0 Å². The molecule has 190 valence electrons. The first-order chi connectivity index (χ1) is 16.1. The standard InChI is InChI=1S/C30H40O5/c1-20(31)34-25(17-16-21-14-12-11-13-15-21)30(8,9)27(32)35-26-23(28(2,3)4)18-22(33-10)19-24(26)29(5,6)7/h11-19,25H,1-10H3/b17-16+/t25-/m1/s1. The lowest BCUT2D eigenvalue weighted by Crippen LogP contribution is -2.42. The highest BCUT2D eigenvalue weighted by Crippen LogP contribution is 2.43. The van der Waals surface area contributed by atoms with Gasteiger partial charge in [-0.25, -0.2) is 0 Å². The van der Waals surface area contributed by atoms with Crippen molar-refractivity contribution in [2.75, 3.05) is 7.11 Å². The van der Waals surface area contributed by atoms with Gasteiger partial charge in [-0.15, -0.1) is 0 Å². The topological polar surface area (TPSA) is 61.8 Å². The molecule has 0 aliphatic heterocycles. The van der Waals surface area contributed by atoms with Gasteiger partial charge in [0.15, 0.2) is 0 Å². The van der Waals surface area contributed by atoms with Gasteiger partial charge in [-0.05, 0) is 48.4 Å². The lowest BCUT2D eigenvalue weighted by atomic mass is 9.79. The van der Waals surface area contributed by atoms with E-state index in [4.69, 9.17) is 14.2 Å². The van der Waals surface area contributed by atoms with Crippen molar-refractivity contribution in [1.82, 2.24) is 0 Å². The minimum absolute atomic E-state index is 0.309. The second-order valence-corrected chi connectivity index (χ2v) is 11.5. The van der Waals surface area contributed by atoms with Gasteiger partial charge in [-0.1, -0.05) is 78.0 Å². The largest absolute Gasteiger partial charge is 0.497 e. The highest BCUT2D eigenvalue weighted by atomic mass is 16.6. The highest BCUT2D eigenvalue weighted by molar-refractivity contribution is 5.81. The van der Waals surface area contributed by atoms with Crippen LogP contribution in [0.3, 0.4) is 0 Å². The third kappa shape index (κ3) is 7.20. The summed E-state index contributed by atoms with van der Waals surface area (Å²) in [6.07, 6.45) is 2.76. The van der Waals surface area contributed by atoms with E-state index in [2.05, 4.69) is 41.5 Å². The average Bonchev–Trinajstić information content (AvgIpc) is 2.75. The normalized spacial score (nSPS) is 13.4. The summed E-state index contributed by atoms with van der Waals surface area (Å²) in [4.78, 5) is 25.6. The quantitative estimate of drug-likeness (QED) is 0.320. The second kappa shape index (κ2) is 10.7. The van der Waals surface area contributed by atoms with Gasteiger partial charge < -0.3 is 14.2 Å². The van der Waals surface area contributed by atoms with Crippen molar-refractivity contribution in [3.8, 4) is 11.5 Å². The number of hydrogen-bond donors (Lipinski definition) is 0. The molecule has 2 rings (SSSR count). The molecule has 0 saturated carbocycles. The molecule has 2 aromatic rings. The first kappa shape index (κ1) is 28.2. The average molecular weight is 481 g/mol. The van der Waals surface area contributed by atoms with E-state index in [-0.39, 0.29) is 10.8 Å². The van der Waals surface area contributed by atoms with Gasteiger partial charge in [0, 0.05) is 18.1 Å². The molecular formula is C30H40O5. The van der Waals surface area contributed by atoms with Crippen LogP contribution < -0.4 is 9.47 Å². The molecule has 0 saturated heterocycles. The van der Waals surface area contributed by atoms with Crippen LogP contribution in [0.4, 0.5) is 0 Å². The predicted octanol–water partition coefficient (Wildman–Crippen LogP) is 6.87. The van der Waals surface area contributed by atoms with Gasteiger partial charge in [0.2, 0.25) is 0 Å². The zero-order valence-corrected chi connectivity index (χ0v) is 22.8. The summed E-state index contributed by atoms with van der Waals surface area (Å²) in [5, 5.41) is 0. The Morgan fingerprint density at radius 1 is 0.857 bits per heavy atom. The fraction of sp³-hybridized carbons (Fsp3) is 0.467. The minimum atomic E-state index is -1.15. The maximum absolute atomic E-state index is 13.7. The van der Waals surface area contributed by atoms with Crippen LogP contribution in [-0.4, -0.2) is 25.2 Å². The molecule has 0 heterocycles. The van der Waals surface area contributed by atoms with Gasteiger partial charge >= 0.3 is 11.9 Å². The Hall–Kier alpha value is -3.08. The van der Waals surface area contributed by atoms with Crippen molar-refractivity contribution in [2.45, 2.75) is 79.2 Å². The number of esters is 2. The molecule has 0 radical (unpaired) electrons. The van der Waals surface area contributed by atoms with Gasteiger partial charge in [-0.2, -0.15) is 0 Å². The third-order valence-corrected chi connectivity index (χ3v) is 5.90. The van der Waals surface area contributed by atoms with Crippen LogP contribution in [0.5, 0.6) is 11.5 Å². The number of hydrogen-bond acceptors (Lipinski definition) is 5. The summed E-state index contributed by atoms with van der Waals surface area (Å²) in [6, 6.07) is 13.5. The van der Waals surface area contributed by atoms with Crippen molar-refractivity contribution in [3.63, 3.8) is 0 Å². The predicted molar refractivity (Wildman–Crippen MR) is 141 cm³/mol. The molecule has 35 heavy (non-hydrogen) atoms. The summed E-state index contributed by atoms with van der Waals surface area (Å²) >= 11 is 0. The van der Waals surface area contributed by atoms with Crippen LogP contribution in [-0.2, 0) is 25.2 Å². The summed E-state index contributed by atoms with van der Waals surface area (Å²) < 4.78 is 17.3. The van der Waals surface area contributed by atoms with Crippen LogP contribution in [0.15, 0.2) is 48.5 Å². The number of benzene rings is 2. The highest BCUT2D eigenvalue weighted by Gasteiger charge is 2.41. The molecule has 1 atom stereocenters. The number of ether oxygens (including phenoxy) is 3. The zero-order valence-electron chi connectivity index (χ0n) is 22.8. The lowest BCUT2D eigenvalue weighted by molar-refractivity contribution is -0.159. The summed E-state index contributed by atoms with van der Waals surface area (Å²) in [7, 11) is 1.63. The van der Waals surface area contributed by atoms with E-state index >= 15 is 0 Å². The molecule has 0 bridgehead atoms. The number of carbonyl (C=O) groups is 2. The maximum Gasteiger partial charge on any atom is 0.321 e. The lowest BCUT2D eigenvalue weighted by Gasteiger charge is -2.33. The monoisotopic (exact) mass is 480 g/mol. The van der Waals surface area contributed by atoms with Crippen molar-refractivity contribution in [1.29, 1.82) is 0 Å². The summed E-state index contributed by atoms with van der Waals surface area (Å²) in [5.41, 5.74) is 0.910. The van der Waals surface area contributed by atoms with E-state index in [0.717, 1.165) is 16.7 Å². The molecule has 5 nitrogen and oxygen atoms in total. The van der Waals surface area contributed by atoms with Crippen molar-refractivity contribution < 1.29 is 23.8 Å². The Morgan fingerprint density at radius 3 is 1.80 bits per heavy atom. The molecule has 0 aliphatic carbocycles. The molecule has 0 amide bonds. The van der Waals surface area contributed by atoms with Gasteiger partial charge in [0.25, 0.3) is 0 Å². The van der Waals surface area contributed by atoms with Crippen LogP contribution in [0, 0.1) is 5.41 Å². The smallest absolute Gasteiger partial charge is 0.321 e. The first-order valence-electron chi connectivity index (χ1n) is 11.9. The second-order valence-electron chi connectivity index (χ2n) is 11.5. The van der Waals surface area contributed by atoms with Crippen LogP contribution >= 0.6 is 0 Å². The van der Waals surface area contributed by atoms with E-state index in [1.54, 1.807) is 27.0 Å². The van der Waals surface area contributed by atoms with Gasteiger partial charge in [0.05, 0.1) is 7.11 Å². The Morgan fingerprint density at radius 2 is 1.37 bits per heavy atom. The number of rotatable bonds is 7. The summed E-state index contributed by atoms with van der Waals surface area (Å²) in [6.45, 7) is 17.2. The van der Waals surface area contributed by atoms with Crippen LogP contribution in [0.1, 0.15) is 79.0 Å². The fourth-order valence-corrected chi connectivity index (χ4v) is 3.65. The fourth-order valence-electron chi connectivity index (χ4n) is 3.65. The molecule has 0 spiro atoms. The van der Waals surface area contributed by atoms with E-state index in [1.165, 1.54) is 6.92 Å². The summed E-state index contributed by atoms with van der Waals surface area (Å²) in [5.74, 6) is 0.284. The Balaban J connectivity index is 2.55. The number of methoxy groups -OCH3 is 1. The SMILES string of the molecule is COc1cc(C(C)(C)C)c(OC(=O)C(C)(C)[C@@H](/C=C/c2ccccc2)OC(C)=O)c(C(C)(C)C)c1. The first-order valence-corrected chi connectivity index (χ1v) is 11.9. The molecule has 0 N–H and O–H groups in total. The molecule has 0 unspecified atom stereocenters. The van der Waals surface area contributed by atoms with Crippen LogP contribution in [0.2, 0.25) is 0 Å². The Bertz CT molecular complexity index is 1030.